The normalized spacial score (nSPS) is 19.0. The molecule has 0 saturated carbocycles. The first-order valence-electron chi connectivity index (χ1n) is 4.63. The topological polar surface area (TPSA) is 59.6 Å². The van der Waals surface area contributed by atoms with Gasteiger partial charge in [0.05, 0.1) is 5.60 Å². The van der Waals surface area contributed by atoms with Crippen molar-refractivity contribution < 1.29 is 27.5 Å². The van der Waals surface area contributed by atoms with Gasteiger partial charge in [0.1, 0.15) is 6.61 Å². The second-order valence-corrected chi connectivity index (χ2v) is 3.77. The van der Waals surface area contributed by atoms with E-state index in [1.165, 1.54) is 0 Å². The van der Waals surface area contributed by atoms with Crippen molar-refractivity contribution in [1.29, 1.82) is 0 Å². The molecule has 94 valence electrons. The second kappa shape index (κ2) is 4.98. The third-order valence-electron chi connectivity index (χ3n) is 1.97. The van der Waals surface area contributed by atoms with E-state index >= 15 is 0 Å². The Labute approximate surface area is 90.2 Å². The highest BCUT2D eigenvalue weighted by Crippen LogP contribution is 2.15. The van der Waals surface area contributed by atoms with E-state index < -0.39 is 24.3 Å². The summed E-state index contributed by atoms with van der Waals surface area (Å²) < 4.78 is 40.1. The quantitative estimate of drug-likeness (QED) is 0.665. The number of hydrogen-bond donors (Lipinski definition) is 2. The van der Waals surface area contributed by atoms with Gasteiger partial charge in [0.2, 0.25) is 0 Å². The summed E-state index contributed by atoms with van der Waals surface area (Å²) in [4.78, 5) is 14.9. The lowest BCUT2D eigenvalue weighted by atomic mass is 10.0. The standard InChI is InChI=1S/C8H13F3N2O3/c1-7(3-12-4-7)15-2-6(14)13-16-5-8(9,10)11/h12H,2-5H2,1H3,(H,13,14). The van der Waals surface area contributed by atoms with Gasteiger partial charge in [-0.05, 0) is 6.92 Å². The molecule has 1 aliphatic rings. The smallest absolute Gasteiger partial charge is 0.363 e. The van der Waals surface area contributed by atoms with Crippen molar-refractivity contribution in [3.8, 4) is 0 Å². The molecule has 5 nitrogen and oxygen atoms in total. The Kier molecular flexibility index (Phi) is 4.11. The van der Waals surface area contributed by atoms with E-state index in [1.54, 1.807) is 12.4 Å². The third-order valence-corrected chi connectivity index (χ3v) is 1.97. The average molecular weight is 242 g/mol. The lowest BCUT2D eigenvalue weighted by Crippen LogP contribution is -2.59. The van der Waals surface area contributed by atoms with Crippen LogP contribution in [0.25, 0.3) is 0 Å². The summed E-state index contributed by atoms with van der Waals surface area (Å²) in [6.07, 6.45) is -4.46. The number of carbonyl (C=O) groups is 1. The molecular formula is C8H13F3N2O3. The van der Waals surface area contributed by atoms with Crippen molar-refractivity contribution in [2.75, 3.05) is 26.3 Å². The molecule has 0 atom stereocenters. The molecular weight excluding hydrogens is 229 g/mol. The molecule has 1 amide bonds. The van der Waals surface area contributed by atoms with Gasteiger partial charge in [-0.15, -0.1) is 0 Å². The molecule has 0 aromatic rings. The van der Waals surface area contributed by atoms with Crippen LogP contribution in [0.1, 0.15) is 6.92 Å². The van der Waals surface area contributed by atoms with Gasteiger partial charge in [-0.25, -0.2) is 5.48 Å². The van der Waals surface area contributed by atoms with Crippen LogP contribution in [0.4, 0.5) is 13.2 Å². The Hall–Kier alpha value is -0.860. The highest BCUT2D eigenvalue weighted by Gasteiger charge is 2.33. The first-order valence-corrected chi connectivity index (χ1v) is 4.63. The van der Waals surface area contributed by atoms with Gasteiger partial charge >= 0.3 is 6.18 Å². The van der Waals surface area contributed by atoms with E-state index in [4.69, 9.17) is 4.74 Å². The lowest BCUT2D eigenvalue weighted by molar-refractivity contribution is -0.194. The van der Waals surface area contributed by atoms with E-state index in [9.17, 15) is 18.0 Å². The first kappa shape index (κ1) is 13.2. The highest BCUT2D eigenvalue weighted by atomic mass is 19.4. The number of amides is 1. The minimum absolute atomic E-state index is 0.323. The fourth-order valence-corrected chi connectivity index (χ4v) is 1.05. The SMILES string of the molecule is CC1(OCC(=O)NOCC(F)(F)F)CNC1. The van der Waals surface area contributed by atoms with E-state index in [0.29, 0.717) is 13.1 Å². The zero-order valence-corrected chi connectivity index (χ0v) is 8.69. The number of halogens is 3. The van der Waals surface area contributed by atoms with Crippen molar-refractivity contribution in [3.05, 3.63) is 0 Å². The molecule has 0 spiro atoms. The number of rotatable bonds is 5. The summed E-state index contributed by atoms with van der Waals surface area (Å²) in [5.74, 6) is -0.739. The molecule has 0 bridgehead atoms. The third kappa shape index (κ3) is 4.77. The zero-order valence-electron chi connectivity index (χ0n) is 8.69. The van der Waals surface area contributed by atoms with Crippen LogP contribution in [-0.2, 0) is 14.4 Å². The molecule has 0 aromatic heterocycles. The van der Waals surface area contributed by atoms with Crippen molar-refractivity contribution in [2.24, 2.45) is 0 Å². The van der Waals surface area contributed by atoms with Crippen LogP contribution in [0.5, 0.6) is 0 Å². The van der Waals surface area contributed by atoms with Crippen LogP contribution in [0.3, 0.4) is 0 Å². The summed E-state index contributed by atoms with van der Waals surface area (Å²) >= 11 is 0. The molecule has 16 heavy (non-hydrogen) atoms. The maximum atomic E-state index is 11.6. The average Bonchev–Trinajstić information content (AvgIpc) is 2.09. The Morgan fingerprint density at radius 3 is 2.56 bits per heavy atom. The highest BCUT2D eigenvalue weighted by molar-refractivity contribution is 5.76. The number of nitrogens with one attached hydrogen (secondary N) is 2. The van der Waals surface area contributed by atoms with Gasteiger partial charge in [0.15, 0.2) is 6.61 Å². The molecule has 1 aliphatic heterocycles. The number of carbonyl (C=O) groups excluding carboxylic acids is 1. The molecule has 2 N–H and O–H groups in total. The van der Waals surface area contributed by atoms with E-state index in [2.05, 4.69) is 10.2 Å². The van der Waals surface area contributed by atoms with Gasteiger partial charge in [-0.3, -0.25) is 9.63 Å². The van der Waals surface area contributed by atoms with Crippen molar-refractivity contribution in [1.82, 2.24) is 10.8 Å². The molecule has 1 rings (SSSR count). The Morgan fingerprint density at radius 1 is 1.50 bits per heavy atom. The summed E-state index contributed by atoms with van der Waals surface area (Å²) in [5, 5.41) is 2.95. The molecule has 1 saturated heterocycles. The number of alkyl halides is 3. The van der Waals surface area contributed by atoms with Crippen LogP contribution >= 0.6 is 0 Å². The van der Waals surface area contributed by atoms with Crippen LogP contribution in [0.15, 0.2) is 0 Å². The molecule has 1 fully saturated rings. The van der Waals surface area contributed by atoms with Gasteiger partial charge in [-0.2, -0.15) is 13.2 Å². The summed E-state index contributed by atoms with van der Waals surface area (Å²) in [6.45, 7) is 1.19. The molecule has 8 heteroatoms. The lowest BCUT2D eigenvalue weighted by Gasteiger charge is -2.38. The van der Waals surface area contributed by atoms with Crippen LogP contribution in [0.2, 0.25) is 0 Å². The van der Waals surface area contributed by atoms with Crippen molar-refractivity contribution in [2.45, 2.75) is 18.7 Å². The van der Waals surface area contributed by atoms with Crippen molar-refractivity contribution >= 4 is 5.91 Å². The largest absolute Gasteiger partial charge is 0.414 e. The first-order chi connectivity index (χ1) is 7.31. The van der Waals surface area contributed by atoms with E-state index in [-0.39, 0.29) is 6.61 Å². The summed E-state index contributed by atoms with van der Waals surface area (Å²) in [6, 6.07) is 0. The summed E-state index contributed by atoms with van der Waals surface area (Å²) in [5.41, 5.74) is 1.24. The summed E-state index contributed by atoms with van der Waals surface area (Å²) in [7, 11) is 0. The molecule has 0 unspecified atom stereocenters. The van der Waals surface area contributed by atoms with Gasteiger partial charge in [-0.1, -0.05) is 0 Å². The van der Waals surface area contributed by atoms with Gasteiger partial charge < -0.3 is 10.1 Å². The second-order valence-electron chi connectivity index (χ2n) is 3.77. The zero-order chi connectivity index (χ0) is 12.2. The Morgan fingerprint density at radius 2 is 2.12 bits per heavy atom. The monoisotopic (exact) mass is 242 g/mol. The molecule has 0 aliphatic carbocycles. The number of ether oxygens (including phenoxy) is 1. The number of hydroxylamine groups is 1. The van der Waals surface area contributed by atoms with E-state index in [0.717, 1.165) is 0 Å². The maximum absolute atomic E-state index is 11.6. The molecule has 1 heterocycles. The van der Waals surface area contributed by atoms with Crippen LogP contribution < -0.4 is 10.8 Å². The van der Waals surface area contributed by atoms with Gasteiger partial charge in [0, 0.05) is 13.1 Å². The number of hydrogen-bond acceptors (Lipinski definition) is 4. The Balaban J connectivity index is 2.07. The van der Waals surface area contributed by atoms with E-state index in [1.807, 2.05) is 0 Å². The molecule has 0 aromatic carbocycles. The van der Waals surface area contributed by atoms with Crippen LogP contribution in [-0.4, -0.2) is 44.0 Å². The molecule has 0 radical (unpaired) electrons. The van der Waals surface area contributed by atoms with Gasteiger partial charge in [0.25, 0.3) is 5.91 Å². The van der Waals surface area contributed by atoms with Crippen LogP contribution in [0, 0.1) is 0 Å². The Bertz CT molecular complexity index is 253. The predicted molar refractivity (Wildman–Crippen MR) is 47.4 cm³/mol. The predicted octanol–water partition coefficient (Wildman–Crippen LogP) is -0.0250. The minimum atomic E-state index is -4.46. The fourth-order valence-electron chi connectivity index (χ4n) is 1.05. The fraction of sp³-hybridized carbons (Fsp3) is 0.875. The minimum Gasteiger partial charge on any atom is -0.363 e. The van der Waals surface area contributed by atoms with Crippen molar-refractivity contribution in [3.63, 3.8) is 0 Å². The maximum Gasteiger partial charge on any atom is 0.414 e.